The second-order valence-electron chi connectivity index (χ2n) is 3.19. The Morgan fingerprint density at radius 3 is 2.47 bits per heavy atom. The van der Waals surface area contributed by atoms with Gasteiger partial charge < -0.3 is 0 Å². The highest BCUT2D eigenvalue weighted by atomic mass is 79.9. The fourth-order valence-electron chi connectivity index (χ4n) is 1.24. The Bertz CT molecular complexity index is 480. The third kappa shape index (κ3) is 2.44. The maximum absolute atomic E-state index is 4.32. The largest absolute Gasteiger partial charge is 0.255 e. The molecule has 0 spiro atoms. The average Bonchev–Trinajstić information content (AvgIpc) is 2.23. The minimum absolute atomic E-state index is 0.878. The van der Waals surface area contributed by atoms with E-state index >= 15 is 0 Å². The summed E-state index contributed by atoms with van der Waals surface area (Å²) in [5.41, 5.74) is 3.07. The van der Waals surface area contributed by atoms with Crippen molar-refractivity contribution < 1.29 is 0 Å². The summed E-state index contributed by atoms with van der Waals surface area (Å²) in [6, 6.07) is 6.00. The Morgan fingerprint density at radius 1 is 1.07 bits per heavy atom. The summed E-state index contributed by atoms with van der Waals surface area (Å²) in [4.78, 5) is 8.56. The summed E-state index contributed by atoms with van der Waals surface area (Å²) in [6.07, 6.45) is 3.60. The minimum Gasteiger partial charge on any atom is -0.255 e. The van der Waals surface area contributed by atoms with Crippen LogP contribution in [0.25, 0.3) is 11.3 Å². The molecule has 76 valence electrons. The van der Waals surface area contributed by atoms with Crippen LogP contribution in [0.15, 0.2) is 39.7 Å². The van der Waals surface area contributed by atoms with Gasteiger partial charge in [-0.3, -0.25) is 4.98 Å². The van der Waals surface area contributed by atoms with E-state index in [0.29, 0.717) is 0 Å². The lowest BCUT2D eigenvalue weighted by molar-refractivity contribution is 1.20. The van der Waals surface area contributed by atoms with Crippen LogP contribution in [0, 0.1) is 6.92 Å². The predicted molar refractivity (Wildman–Crippen MR) is 67.6 cm³/mol. The second kappa shape index (κ2) is 4.41. The molecule has 2 aromatic rings. The summed E-state index contributed by atoms with van der Waals surface area (Å²) in [7, 11) is 0. The van der Waals surface area contributed by atoms with Crippen LogP contribution in [0.5, 0.6) is 0 Å². The molecular formula is C11H8Br2N2. The van der Waals surface area contributed by atoms with Gasteiger partial charge in [-0.25, -0.2) is 4.98 Å². The topological polar surface area (TPSA) is 25.8 Å². The van der Waals surface area contributed by atoms with Crippen LogP contribution in [-0.4, -0.2) is 9.97 Å². The molecule has 0 atom stereocenters. The van der Waals surface area contributed by atoms with Gasteiger partial charge in [-0.1, -0.05) is 0 Å². The van der Waals surface area contributed by atoms with Crippen LogP contribution in [0.4, 0.5) is 0 Å². The van der Waals surface area contributed by atoms with Gasteiger partial charge >= 0.3 is 0 Å². The van der Waals surface area contributed by atoms with Gasteiger partial charge in [-0.2, -0.15) is 0 Å². The van der Waals surface area contributed by atoms with Crippen LogP contribution < -0.4 is 0 Å². The minimum atomic E-state index is 0.878. The molecule has 0 unspecified atom stereocenters. The monoisotopic (exact) mass is 326 g/mol. The molecule has 0 radical (unpaired) electrons. The molecule has 0 aliphatic heterocycles. The number of rotatable bonds is 1. The number of nitrogens with zero attached hydrogens (tertiary/aromatic N) is 2. The van der Waals surface area contributed by atoms with E-state index in [-0.39, 0.29) is 0 Å². The van der Waals surface area contributed by atoms with Crippen LogP contribution in [0.3, 0.4) is 0 Å². The van der Waals surface area contributed by atoms with E-state index in [1.54, 1.807) is 6.20 Å². The van der Waals surface area contributed by atoms with Crippen molar-refractivity contribution in [3.8, 4) is 11.3 Å². The summed E-state index contributed by atoms with van der Waals surface area (Å²) >= 11 is 6.73. The van der Waals surface area contributed by atoms with E-state index in [4.69, 9.17) is 0 Å². The van der Waals surface area contributed by atoms with Gasteiger partial charge in [0.05, 0.1) is 5.69 Å². The smallest absolute Gasteiger partial charge is 0.109 e. The summed E-state index contributed by atoms with van der Waals surface area (Å²) in [5, 5.41) is 0. The van der Waals surface area contributed by atoms with Crippen molar-refractivity contribution in [2.45, 2.75) is 6.92 Å². The van der Waals surface area contributed by atoms with E-state index in [9.17, 15) is 0 Å². The van der Waals surface area contributed by atoms with Crippen LogP contribution >= 0.6 is 31.9 Å². The maximum Gasteiger partial charge on any atom is 0.109 e. The molecular weight excluding hydrogens is 320 g/mol. The quantitative estimate of drug-likeness (QED) is 0.740. The van der Waals surface area contributed by atoms with Gasteiger partial charge in [0.1, 0.15) is 4.60 Å². The highest BCUT2D eigenvalue weighted by Gasteiger charge is 2.02. The first-order valence-corrected chi connectivity index (χ1v) is 5.99. The number of halogens is 2. The van der Waals surface area contributed by atoms with E-state index in [2.05, 4.69) is 47.9 Å². The number of pyridine rings is 2. The molecule has 2 rings (SSSR count). The average molecular weight is 328 g/mol. The molecule has 0 saturated heterocycles. The molecule has 2 heterocycles. The molecule has 0 aliphatic rings. The third-order valence-electron chi connectivity index (χ3n) is 2.04. The van der Waals surface area contributed by atoms with Gasteiger partial charge in [0.25, 0.3) is 0 Å². The van der Waals surface area contributed by atoms with E-state index in [1.165, 1.54) is 0 Å². The fourth-order valence-corrected chi connectivity index (χ4v) is 1.70. The molecule has 0 N–H and O–H groups in total. The van der Waals surface area contributed by atoms with Crippen molar-refractivity contribution in [1.82, 2.24) is 9.97 Å². The zero-order valence-electron chi connectivity index (χ0n) is 8.04. The first-order chi connectivity index (χ1) is 7.16. The number of aryl methyl sites for hydroxylation is 1. The highest BCUT2D eigenvalue weighted by Crippen LogP contribution is 2.22. The normalized spacial score (nSPS) is 10.3. The Balaban J connectivity index is 2.45. The van der Waals surface area contributed by atoms with E-state index in [1.807, 2.05) is 25.3 Å². The van der Waals surface area contributed by atoms with Crippen molar-refractivity contribution in [1.29, 1.82) is 0 Å². The lowest BCUT2D eigenvalue weighted by Gasteiger charge is -2.02. The van der Waals surface area contributed by atoms with Gasteiger partial charge in [0, 0.05) is 22.4 Å². The zero-order chi connectivity index (χ0) is 10.8. The molecule has 0 saturated carbocycles. The molecule has 0 bridgehead atoms. The van der Waals surface area contributed by atoms with Crippen molar-refractivity contribution in [2.24, 2.45) is 0 Å². The number of hydrogen-bond acceptors (Lipinski definition) is 2. The molecule has 0 aliphatic carbocycles. The fraction of sp³-hybridized carbons (Fsp3) is 0.0909. The Morgan fingerprint density at radius 2 is 1.87 bits per heavy atom. The molecule has 2 nitrogen and oxygen atoms in total. The van der Waals surface area contributed by atoms with Crippen molar-refractivity contribution in [3.05, 3.63) is 45.2 Å². The second-order valence-corrected chi connectivity index (χ2v) is 4.86. The zero-order valence-corrected chi connectivity index (χ0v) is 11.2. The van der Waals surface area contributed by atoms with Gasteiger partial charge in [-0.15, -0.1) is 0 Å². The van der Waals surface area contributed by atoms with Crippen LogP contribution in [0.2, 0.25) is 0 Å². The summed E-state index contributed by atoms with van der Waals surface area (Å²) in [5.74, 6) is 0. The Kier molecular flexibility index (Phi) is 3.17. The Labute approximate surface area is 105 Å². The van der Waals surface area contributed by atoms with E-state index in [0.717, 1.165) is 25.9 Å². The summed E-state index contributed by atoms with van der Waals surface area (Å²) < 4.78 is 1.86. The van der Waals surface area contributed by atoms with Gasteiger partial charge in [-0.05, 0) is 62.5 Å². The molecule has 4 heteroatoms. The molecule has 0 amide bonds. The van der Waals surface area contributed by atoms with Gasteiger partial charge in [0.15, 0.2) is 0 Å². The number of aromatic nitrogens is 2. The third-order valence-corrected chi connectivity index (χ3v) is 3.34. The molecule has 15 heavy (non-hydrogen) atoms. The number of hydrogen-bond donors (Lipinski definition) is 0. The molecule has 0 fully saturated rings. The van der Waals surface area contributed by atoms with Crippen molar-refractivity contribution in [3.63, 3.8) is 0 Å². The first kappa shape index (κ1) is 10.8. The lowest BCUT2D eigenvalue weighted by Crippen LogP contribution is -1.87. The van der Waals surface area contributed by atoms with E-state index < -0.39 is 0 Å². The lowest BCUT2D eigenvalue weighted by atomic mass is 10.1. The van der Waals surface area contributed by atoms with Crippen LogP contribution in [-0.2, 0) is 0 Å². The first-order valence-electron chi connectivity index (χ1n) is 4.41. The van der Waals surface area contributed by atoms with Crippen molar-refractivity contribution in [2.75, 3.05) is 0 Å². The molecule has 0 aromatic carbocycles. The van der Waals surface area contributed by atoms with Gasteiger partial charge in [0.2, 0.25) is 0 Å². The Hall–Kier alpha value is -0.740. The predicted octanol–water partition coefficient (Wildman–Crippen LogP) is 3.98. The van der Waals surface area contributed by atoms with Crippen LogP contribution in [0.1, 0.15) is 5.56 Å². The van der Waals surface area contributed by atoms with Crippen molar-refractivity contribution >= 4 is 31.9 Å². The maximum atomic E-state index is 4.32. The standard InChI is InChI=1S/C11H8Br2N2/c1-7-4-8(5-15-11(7)13)10-3-2-9(12)6-14-10/h2-6H,1H3. The highest BCUT2D eigenvalue weighted by molar-refractivity contribution is 9.10. The SMILES string of the molecule is Cc1cc(-c2ccc(Br)cn2)cnc1Br. The molecule has 2 aromatic heterocycles. The summed E-state index contributed by atoms with van der Waals surface area (Å²) in [6.45, 7) is 2.01.